The minimum absolute atomic E-state index is 0.425. The number of aromatic amines is 1. The van der Waals surface area contributed by atoms with Gasteiger partial charge in [0.2, 0.25) is 0 Å². The van der Waals surface area contributed by atoms with Crippen molar-refractivity contribution in [2.75, 3.05) is 6.54 Å². The lowest BCUT2D eigenvalue weighted by molar-refractivity contribution is 0.414. The molecule has 0 saturated carbocycles. The molecule has 1 heterocycles. The molecular weight excluding hydrogens is 246 g/mol. The molecule has 0 aliphatic heterocycles. The van der Waals surface area contributed by atoms with E-state index in [2.05, 4.69) is 59.5 Å². The van der Waals surface area contributed by atoms with Crippen LogP contribution in [0.2, 0.25) is 0 Å². The molecule has 0 bridgehead atoms. The Morgan fingerprint density at radius 3 is 2.60 bits per heavy atom. The predicted molar refractivity (Wildman–Crippen MR) is 83.8 cm³/mol. The molecule has 0 saturated heterocycles. The zero-order chi connectivity index (χ0) is 14.2. The minimum atomic E-state index is 0.425. The van der Waals surface area contributed by atoms with Crippen molar-refractivity contribution in [3.63, 3.8) is 0 Å². The largest absolute Gasteiger partial charge is 0.349 e. The van der Waals surface area contributed by atoms with Gasteiger partial charge in [0.1, 0.15) is 5.82 Å². The molecule has 20 heavy (non-hydrogen) atoms. The van der Waals surface area contributed by atoms with Crippen molar-refractivity contribution < 1.29 is 0 Å². The third-order valence-corrected chi connectivity index (χ3v) is 3.78. The summed E-state index contributed by atoms with van der Waals surface area (Å²) in [4.78, 5) is 7.60. The summed E-state index contributed by atoms with van der Waals surface area (Å²) in [6.45, 7) is 5.52. The van der Waals surface area contributed by atoms with Gasteiger partial charge in [0.05, 0.1) is 0 Å². The lowest BCUT2D eigenvalue weighted by Gasteiger charge is -2.27. The maximum Gasteiger partial charge on any atom is 0.107 e. The summed E-state index contributed by atoms with van der Waals surface area (Å²) in [6, 6.07) is 11.2. The number of rotatable bonds is 8. The first kappa shape index (κ1) is 14.8. The first-order chi connectivity index (χ1) is 9.85. The van der Waals surface area contributed by atoms with Crippen LogP contribution in [0.3, 0.4) is 0 Å². The molecule has 3 nitrogen and oxygen atoms in total. The molecule has 2 atom stereocenters. The number of hydrogen-bond donors (Lipinski definition) is 2. The fraction of sp³-hybridized carbons (Fsp3) is 0.471. The monoisotopic (exact) mass is 271 g/mol. The summed E-state index contributed by atoms with van der Waals surface area (Å²) < 4.78 is 0. The van der Waals surface area contributed by atoms with Crippen molar-refractivity contribution in [3.8, 4) is 0 Å². The molecule has 0 fully saturated rings. The number of hydrogen-bond acceptors (Lipinski definition) is 2. The Morgan fingerprint density at radius 1 is 1.20 bits per heavy atom. The van der Waals surface area contributed by atoms with Crippen LogP contribution < -0.4 is 5.32 Å². The van der Waals surface area contributed by atoms with Crippen molar-refractivity contribution in [2.45, 2.75) is 45.1 Å². The van der Waals surface area contributed by atoms with Crippen LogP contribution >= 0.6 is 0 Å². The van der Waals surface area contributed by atoms with Crippen molar-refractivity contribution in [2.24, 2.45) is 0 Å². The maximum atomic E-state index is 4.38. The van der Waals surface area contributed by atoms with E-state index in [1.165, 1.54) is 5.56 Å². The highest BCUT2D eigenvalue weighted by Gasteiger charge is 2.22. The Bertz CT molecular complexity index is 464. The van der Waals surface area contributed by atoms with Crippen LogP contribution in [0.1, 0.15) is 44.0 Å². The van der Waals surface area contributed by atoms with Gasteiger partial charge in [0, 0.05) is 24.9 Å². The Labute approximate surface area is 121 Å². The smallest absolute Gasteiger partial charge is 0.107 e. The normalized spacial score (nSPS) is 14.1. The molecular formula is C17H25N3. The highest BCUT2D eigenvalue weighted by Crippen LogP contribution is 2.25. The van der Waals surface area contributed by atoms with Crippen LogP contribution in [-0.4, -0.2) is 22.6 Å². The second-order valence-electron chi connectivity index (χ2n) is 5.23. The zero-order valence-corrected chi connectivity index (χ0v) is 12.5. The second kappa shape index (κ2) is 7.85. The van der Waals surface area contributed by atoms with Gasteiger partial charge in [-0.2, -0.15) is 0 Å². The van der Waals surface area contributed by atoms with E-state index in [0.717, 1.165) is 31.6 Å². The quantitative estimate of drug-likeness (QED) is 0.771. The van der Waals surface area contributed by atoms with Crippen LogP contribution in [0.5, 0.6) is 0 Å². The number of nitrogens with one attached hydrogen (secondary N) is 2. The number of nitrogens with zero attached hydrogens (tertiary/aromatic N) is 1. The average molecular weight is 271 g/mol. The van der Waals surface area contributed by atoms with Gasteiger partial charge in [-0.3, -0.25) is 0 Å². The van der Waals surface area contributed by atoms with Gasteiger partial charge < -0.3 is 10.3 Å². The van der Waals surface area contributed by atoms with Gasteiger partial charge in [-0.05, 0) is 30.9 Å². The van der Waals surface area contributed by atoms with Crippen molar-refractivity contribution >= 4 is 0 Å². The minimum Gasteiger partial charge on any atom is -0.349 e. The van der Waals surface area contributed by atoms with E-state index < -0.39 is 0 Å². The van der Waals surface area contributed by atoms with Gasteiger partial charge in [0.15, 0.2) is 0 Å². The van der Waals surface area contributed by atoms with Crippen molar-refractivity contribution in [1.29, 1.82) is 0 Å². The molecule has 2 unspecified atom stereocenters. The van der Waals surface area contributed by atoms with E-state index in [1.807, 2.05) is 12.4 Å². The highest BCUT2D eigenvalue weighted by molar-refractivity contribution is 5.21. The van der Waals surface area contributed by atoms with Crippen molar-refractivity contribution in [1.82, 2.24) is 15.3 Å². The summed E-state index contributed by atoms with van der Waals surface area (Å²) in [5.74, 6) is 1.58. The molecule has 3 heteroatoms. The summed E-state index contributed by atoms with van der Waals surface area (Å²) >= 11 is 0. The molecule has 0 amide bonds. The van der Waals surface area contributed by atoms with Gasteiger partial charge in [0.25, 0.3) is 0 Å². The van der Waals surface area contributed by atoms with Crippen LogP contribution in [0.25, 0.3) is 0 Å². The predicted octanol–water partition coefficient (Wildman–Crippen LogP) is 3.51. The number of imidazole rings is 1. The number of benzene rings is 1. The first-order valence-corrected chi connectivity index (χ1v) is 7.61. The molecule has 0 aliphatic rings. The van der Waals surface area contributed by atoms with Gasteiger partial charge in [-0.15, -0.1) is 0 Å². The molecule has 2 N–H and O–H groups in total. The first-order valence-electron chi connectivity index (χ1n) is 7.61. The molecule has 2 rings (SSSR count). The molecule has 0 aliphatic carbocycles. The SMILES string of the molecule is CCCNC(Cc1ncc[nH]1)C(CC)c1ccccc1. The third kappa shape index (κ3) is 3.94. The summed E-state index contributed by atoms with van der Waals surface area (Å²) in [5.41, 5.74) is 1.41. The molecule has 1 aromatic heterocycles. The van der Waals surface area contributed by atoms with Gasteiger partial charge in [-0.25, -0.2) is 4.98 Å². The molecule has 108 valence electrons. The Hall–Kier alpha value is -1.61. The average Bonchev–Trinajstić information content (AvgIpc) is 2.99. The molecule has 2 aromatic rings. The van der Waals surface area contributed by atoms with Crippen LogP contribution in [0, 0.1) is 0 Å². The number of H-pyrrole nitrogens is 1. The maximum absolute atomic E-state index is 4.38. The Kier molecular flexibility index (Phi) is 5.81. The van der Waals surface area contributed by atoms with E-state index in [9.17, 15) is 0 Å². The summed E-state index contributed by atoms with van der Waals surface area (Å²) in [5, 5.41) is 3.70. The lowest BCUT2D eigenvalue weighted by Crippen LogP contribution is -2.37. The standard InChI is InChI=1S/C17H25N3/c1-3-10-18-16(13-17-19-11-12-20-17)15(4-2)14-8-6-5-7-9-14/h5-9,11-12,15-16,18H,3-4,10,13H2,1-2H3,(H,19,20). The highest BCUT2D eigenvalue weighted by atomic mass is 14.9. The Morgan fingerprint density at radius 2 is 2.00 bits per heavy atom. The van der Waals surface area contributed by atoms with Crippen LogP contribution in [-0.2, 0) is 6.42 Å². The van der Waals surface area contributed by atoms with E-state index in [-0.39, 0.29) is 0 Å². The molecule has 0 spiro atoms. The topological polar surface area (TPSA) is 40.7 Å². The van der Waals surface area contributed by atoms with Crippen LogP contribution in [0.15, 0.2) is 42.7 Å². The van der Waals surface area contributed by atoms with Gasteiger partial charge in [-0.1, -0.05) is 44.2 Å². The zero-order valence-electron chi connectivity index (χ0n) is 12.5. The van der Waals surface area contributed by atoms with Crippen LogP contribution in [0.4, 0.5) is 0 Å². The second-order valence-corrected chi connectivity index (χ2v) is 5.23. The summed E-state index contributed by atoms with van der Waals surface area (Å²) in [6.07, 6.45) is 6.96. The van der Waals surface area contributed by atoms with E-state index in [4.69, 9.17) is 0 Å². The van der Waals surface area contributed by atoms with Gasteiger partial charge >= 0.3 is 0 Å². The molecule has 1 aromatic carbocycles. The molecule has 0 radical (unpaired) electrons. The third-order valence-electron chi connectivity index (χ3n) is 3.78. The van der Waals surface area contributed by atoms with E-state index in [1.54, 1.807) is 0 Å². The van der Waals surface area contributed by atoms with E-state index >= 15 is 0 Å². The fourth-order valence-corrected chi connectivity index (χ4v) is 2.76. The Balaban J connectivity index is 2.14. The number of aromatic nitrogens is 2. The van der Waals surface area contributed by atoms with E-state index in [0.29, 0.717) is 12.0 Å². The fourth-order valence-electron chi connectivity index (χ4n) is 2.76. The van der Waals surface area contributed by atoms with Crippen molar-refractivity contribution in [3.05, 3.63) is 54.1 Å². The summed E-state index contributed by atoms with van der Waals surface area (Å²) in [7, 11) is 0. The lowest BCUT2D eigenvalue weighted by atomic mass is 9.87.